The van der Waals surface area contributed by atoms with Crippen molar-refractivity contribution in [3.8, 4) is 0 Å². The summed E-state index contributed by atoms with van der Waals surface area (Å²) in [6, 6.07) is 5.38. The van der Waals surface area contributed by atoms with Crippen molar-refractivity contribution in [1.29, 1.82) is 0 Å². The second kappa shape index (κ2) is 5.53. The Morgan fingerprint density at radius 2 is 2.32 bits per heavy atom. The maximum atomic E-state index is 12.2. The molecule has 98 valence electrons. The molecule has 2 aromatic heterocycles. The highest BCUT2D eigenvalue weighted by Crippen LogP contribution is 2.32. The first-order valence-corrected chi connectivity index (χ1v) is 8.19. The standard InChI is InChI=1S/C13H11ClN2OS2/c14-12-6-9(1-3-15-12)16-13(17)11-5-8-7-18-4-2-10(8)19-11/h1,3,5-6H,2,4,7H2,(H,15,16,17). The molecule has 0 aromatic carbocycles. The predicted molar refractivity (Wildman–Crippen MR) is 81.4 cm³/mol. The highest BCUT2D eigenvalue weighted by Gasteiger charge is 2.17. The average molecular weight is 311 g/mol. The minimum absolute atomic E-state index is 0.0772. The van der Waals surface area contributed by atoms with Crippen molar-refractivity contribution in [2.45, 2.75) is 12.2 Å². The Morgan fingerprint density at radius 3 is 3.11 bits per heavy atom. The maximum Gasteiger partial charge on any atom is 0.265 e. The van der Waals surface area contributed by atoms with Crippen LogP contribution in [0.2, 0.25) is 5.15 Å². The molecule has 6 heteroatoms. The maximum absolute atomic E-state index is 12.2. The molecule has 19 heavy (non-hydrogen) atoms. The minimum atomic E-state index is -0.0772. The fourth-order valence-corrected chi connectivity index (χ4v) is 4.37. The van der Waals surface area contributed by atoms with Crippen molar-refractivity contribution in [2.24, 2.45) is 0 Å². The van der Waals surface area contributed by atoms with Gasteiger partial charge in [0.15, 0.2) is 0 Å². The lowest BCUT2D eigenvalue weighted by atomic mass is 10.2. The van der Waals surface area contributed by atoms with Gasteiger partial charge in [-0.1, -0.05) is 11.6 Å². The highest BCUT2D eigenvalue weighted by molar-refractivity contribution is 7.98. The minimum Gasteiger partial charge on any atom is -0.321 e. The van der Waals surface area contributed by atoms with Crippen LogP contribution in [0.25, 0.3) is 0 Å². The largest absolute Gasteiger partial charge is 0.321 e. The monoisotopic (exact) mass is 310 g/mol. The quantitative estimate of drug-likeness (QED) is 0.857. The number of thiophene rings is 1. The lowest BCUT2D eigenvalue weighted by Gasteiger charge is -2.08. The Hall–Kier alpha value is -1.04. The first kappa shape index (κ1) is 13.0. The summed E-state index contributed by atoms with van der Waals surface area (Å²) in [7, 11) is 0. The van der Waals surface area contributed by atoms with Gasteiger partial charge in [0.25, 0.3) is 5.91 Å². The number of anilines is 1. The Bertz CT molecular complexity index is 603. The third-order valence-electron chi connectivity index (χ3n) is 2.84. The molecule has 1 aliphatic rings. The smallest absolute Gasteiger partial charge is 0.265 e. The Morgan fingerprint density at radius 1 is 1.42 bits per heavy atom. The molecule has 3 heterocycles. The molecule has 3 rings (SSSR count). The van der Waals surface area contributed by atoms with E-state index in [0.717, 1.165) is 22.8 Å². The Labute approximate surface area is 124 Å². The van der Waals surface area contributed by atoms with Gasteiger partial charge in [0, 0.05) is 22.5 Å². The molecule has 0 saturated heterocycles. The molecule has 1 N–H and O–H groups in total. The van der Waals surface area contributed by atoms with E-state index in [1.807, 2.05) is 17.8 Å². The third-order valence-corrected chi connectivity index (χ3v) is 5.29. The fraction of sp³-hybridized carbons (Fsp3) is 0.231. The zero-order valence-corrected chi connectivity index (χ0v) is 12.4. The average Bonchev–Trinajstić information content (AvgIpc) is 2.82. The summed E-state index contributed by atoms with van der Waals surface area (Å²) in [5.74, 6) is 2.08. The van der Waals surface area contributed by atoms with Crippen molar-refractivity contribution in [2.75, 3.05) is 11.1 Å². The molecule has 0 saturated carbocycles. The summed E-state index contributed by atoms with van der Waals surface area (Å²) in [5, 5.41) is 3.22. The number of halogens is 1. The lowest BCUT2D eigenvalue weighted by Crippen LogP contribution is -2.10. The zero-order chi connectivity index (χ0) is 13.2. The molecule has 1 aliphatic heterocycles. The van der Waals surface area contributed by atoms with Gasteiger partial charge in [-0.3, -0.25) is 4.79 Å². The van der Waals surface area contributed by atoms with Crippen molar-refractivity contribution in [1.82, 2.24) is 4.98 Å². The molecule has 0 aliphatic carbocycles. The third kappa shape index (κ3) is 2.94. The number of amides is 1. The molecule has 2 aromatic rings. The first-order valence-electron chi connectivity index (χ1n) is 5.84. The summed E-state index contributed by atoms with van der Waals surface area (Å²) >= 11 is 9.30. The topological polar surface area (TPSA) is 42.0 Å². The zero-order valence-electron chi connectivity index (χ0n) is 9.98. The summed E-state index contributed by atoms with van der Waals surface area (Å²) in [6.45, 7) is 0. The van der Waals surface area contributed by atoms with Crippen molar-refractivity contribution >= 4 is 46.3 Å². The van der Waals surface area contributed by atoms with Crippen LogP contribution in [0.3, 0.4) is 0 Å². The Kier molecular flexibility index (Phi) is 3.77. The number of aryl methyl sites for hydroxylation is 1. The molecular weight excluding hydrogens is 300 g/mol. The Balaban J connectivity index is 1.78. The summed E-state index contributed by atoms with van der Waals surface area (Å²) in [6.07, 6.45) is 2.65. The van der Waals surface area contributed by atoms with Crippen molar-refractivity contribution in [3.05, 3.63) is 44.9 Å². The van der Waals surface area contributed by atoms with Crippen LogP contribution in [0.15, 0.2) is 24.4 Å². The molecule has 0 radical (unpaired) electrons. The SMILES string of the molecule is O=C(Nc1ccnc(Cl)c1)c1cc2c(s1)CCSC2. The highest BCUT2D eigenvalue weighted by atomic mass is 35.5. The van der Waals surface area contributed by atoms with Crippen LogP contribution >= 0.6 is 34.7 Å². The van der Waals surface area contributed by atoms with E-state index in [9.17, 15) is 4.79 Å². The van der Waals surface area contributed by atoms with Gasteiger partial charge in [0.05, 0.1) is 4.88 Å². The molecule has 1 amide bonds. The number of pyridine rings is 1. The van der Waals surface area contributed by atoms with E-state index in [0.29, 0.717) is 10.8 Å². The van der Waals surface area contributed by atoms with E-state index < -0.39 is 0 Å². The van der Waals surface area contributed by atoms with Crippen LogP contribution in [0.4, 0.5) is 5.69 Å². The molecule has 0 fully saturated rings. The van der Waals surface area contributed by atoms with E-state index in [1.165, 1.54) is 10.4 Å². The van der Waals surface area contributed by atoms with Gasteiger partial charge in [-0.2, -0.15) is 11.8 Å². The lowest BCUT2D eigenvalue weighted by molar-refractivity contribution is 0.103. The summed E-state index contributed by atoms with van der Waals surface area (Å²) < 4.78 is 0. The number of fused-ring (bicyclic) bond motifs is 1. The number of rotatable bonds is 2. The van der Waals surface area contributed by atoms with Gasteiger partial charge in [0.1, 0.15) is 5.15 Å². The number of carbonyl (C=O) groups is 1. The van der Waals surface area contributed by atoms with E-state index in [2.05, 4.69) is 10.3 Å². The van der Waals surface area contributed by atoms with Gasteiger partial charge < -0.3 is 5.32 Å². The molecule has 3 nitrogen and oxygen atoms in total. The van der Waals surface area contributed by atoms with Crippen LogP contribution in [-0.2, 0) is 12.2 Å². The first-order chi connectivity index (χ1) is 9.22. The number of thioether (sulfide) groups is 1. The van der Waals surface area contributed by atoms with E-state index in [4.69, 9.17) is 11.6 Å². The van der Waals surface area contributed by atoms with E-state index in [-0.39, 0.29) is 5.91 Å². The van der Waals surface area contributed by atoms with Crippen LogP contribution < -0.4 is 5.32 Å². The number of hydrogen-bond acceptors (Lipinski definition) is 4. The molecule has 0 bridgehead atoms. The van der Waals surface area contributed by atoms with Crippen LogP contribution in [0.1, 0.15) is 20.1 Å². The molecule has 0 spiro atoms. The van der Waals surface area contributed by atoms with Crippen molar-refractivity contribution < 1.29 is 4.79 Å². The van der Waals surface area contributed by atoms with Crippen molar-refractivity contribution in [3.63, 3.8) is 0 Å². The van der Waals surface area contributed by atoms with Gasteiger partial charge in [-0.15, -0.1) is 11.3 Å². The molecule has 0 unspecified atom stereocenters. The summed E-state index contributed by atoms with van der Waals surface area (Å²) in [4.78, 5) is 18.2. The molecular formula is C13H11ClN2OS2. The number of nitrogens with one attached hydrogen (secondary N) is 1. The second-order valence-corrected chi connectivity index (χ2v) is 6.81. The van der Waals surface area contributed by atoms with E-state index in [1.54, 1.807) is 29.7 Å². The van der Waals surface area contributed by atoms with Gasteiger partial charge in [0.2, 0.25) is 0 Å². The van der Waals surface area contributed by atoms with Crippen LogP contribution in [-0.4, -0.2) is 16.6 Å². The van der Waals surface area contributed by atoms with Gasteiger partial charge in [-0.05, 0) is 35.9 Å². The normalized spacial score (nSPS) is 13.9. The van der Waals surface area contributed by atoms with Crippen LogP contribution in [0, 0.1) is 0 Å². The van der Waals surface area contributed by atoms with Gasteiger partial charge in [-0.25, -0.2) is 4.98 Å². The predicted octanol–water partition coefficient (Wildman–Crippen LogP) is 3.84. The molecule has 0 atom stereocenters. The number of hydrogen-bond donors (Lipinski definition) is 1. The summed E-state index contributed by atoms with van der Waals surface area (Å²) in [5.41, 5.74) is 1.98. The second-order valence-electron chi connectivity index (χ2n) is 4.18. The number of carbonyl (C=O) groups excluding carboxylic acids is 1. The van der Waals surface area contributed by atoms with E-state index >= 15 is 0 Å². The number of nitrogens with zero attached hydrogens (tertiary/aromatic N) is 1. The van der Waals surface area contributed by atoms with Gasteiger partial charge >= 0.3 is 0 Å². The van der Waals surface area contributed by atoms with Crippen LogP contribution in [0.5, 0.6) is 0 Å². The fourth-order valence-electron chi connectivity index (χ4n) is 1.93. The number of aromatic nitrogens is 1.